The highest BCUT2D eigenvalue weighted by molar-refractivity contribution is 5.89. The molecule has 0 bridgehead atoms. The number of methoxy groups -OCH3 is 1. The molecule has 1 heterocycles. The summed E-state index contributed by atoms with van der Waals surface area (Å²) in [6, 6.07) is 24.2. The number of nitrogens with one attached hydrogen (secondary N) is 1. The van der Waals surface area contributed by atoms with E-state index in [4.69, 9.17) is 4.74 Å². The van der Waals surface area contributed by atoms with E-state index < -0.39 is 0 Å². The van der Waals surface area contributed by atoms with Crippen LogP contribution in [0.5, 0.6) is 5.75 Å². The van der Waals surface area contributed by atoms with Crippen LogP contribution in [0.15, 0.2) is 79.0 Å². The third kappa shape index (κ3) is 4.63. The van der Waals surface area contributed by atoms with Crippen LogP contribution in [-0.2, 0) is 17.8 Å². The molecule has 0 spiro atoms. The summed E-state index contributed by atoms with van der Waals surface area (Å²) in [4.78, 5) is 12.3. The fourth-order valence-electron chi connectivity index (χ4n) is 3.38. The fraction of sp³-hybridized carbons (Fsp3) is 0.167. The Balaban J connectivity index is 1.35. The molecule has 1 amide bonds. The van der Waals surface area contributed by atoms with Crippen LogP contribution in [-0.4, -0.2) is 22.8 Å². The van der Waals surface area contributed by atoms with E-state index in [0.29, 0.717) is 25.2 Å². The summed E-state index contributed by atoms with van der Waals surface area (Å²) in [5.41, 5.74) is 2.30. The number of aromatic nitrogens is 2. The molecule has 5 nitrogen and oxygen atoms in total. The first-order chi connectivity index (χ1) is 14.2. The van der Waals surface area contributed by atoms with Crippen molar-refractivity contribution in [3.63, 3.8) is 0 Å². The number of hydrogen-bond acceptors (Lipinski definition) is 3. The van der Waals surface area contributed by atoms with Crippen LogP contribution in [0, 0.1) is 0 Å². The number of anilines is 1. The second kappa shape index (κ2) is 8.61. The first-order valence-corrected chi connectivity index (χ1v) is 9.64. The van der Waals surface area contributed by atoms with E-state index in [1.807, 2.05) is 53.3 Å². The maximum absolute atomic E-state index is 12.3. The number of fused-ring (bicyclic) bond motifs is 1. The van der Waals surface area contributed by atoms with Crippen molar-refractivity contribution in [1.29, 1.82) is 0 Å². The normalized spacial score (nSPS) is 10.8. The molecule has 0 aliphatic carbocycles. The molecule has 0 unspecified atom stereocenters. The maximum Gasteiger partial charge on any atom is 0.225 e. The van der Waals surface area contributed by atoms with E-state index in [2.05, 4.69) is 40.7 Å². The molecule has 0 saturated heterocycles. The lowest BCUT2D eigenvalue weighted by atomic mass is 10.0. The van der Waals surface area contributed by atoms with Gasteiger partial charge in [0.25, 0.3) is 0 Å². The molecule has 1 aromatic heterocycles. The Kier molecular flexibility index (Phi) is 5.56. The number of benzene rings is 3. The molecule has 0 aliphatic rings. The zero-order valence-electron chi connectivity index (χ0n) is 16.3. The highest BCUT2D eigenvalue weighted by atomic mass is 16.5. The van der Waals surface area contributed by atoms with Crippen molar-refractivity contribution in [1.82, 2.24) is 9.78 Å². The summed E-state index contributed by atoms with van der Waals surface area (Å²) in [6.45, 7) is 0.656. The minimum atomic E-state index is -0.0452. The molecule has 0 radical (unpaired) electrons. The van der Waals surface area contributed by atoms with E-state index >= 15 is 0 Å². The molecular formula is C24H23N3O2. The summed E-state index contributed by atoms with van der Waals surface area (Å²) in [6.07, 6.45) is 2.97. The van der Waals surface area contributed by atoms with E-state index in [1.165, 1.54) is 16.3 Å². The van der Waals surface area contributed by atoms with Crippen LogP contribution in [0.3, 0.4) is 0 Å². The third-order valence-electron chi connectivity index (χ3n) is 4.92. The molecule has 1 N–H and O–H groups in total. The van der Waals surface area contributed by atoms with Crippen LogP contribution >= 0.6 is 0 Å². The molecule has 0 saturated carbocycles. The van der Waals surface area contributed by atoms with Gasteiger partial charge in [-0.25, -0.2) is 0 Å². The Morgan fingerprint density at radius 1 is 1.00 bits per heavy atom. The lowest BCUT2D eigenvalue weighted by Gasteiger charge is -2.07. The van der Waals surface area contributed by atoms with Gasteiger partial charge in [0.1, 0.15) is 5.75 Å². The third-order valence-corrected chi connectivity index (χ3v) is 4.92. The monoisotopic (exact) mass is 385 g/mol. The predicted octanol–water partition coefficient (Wildman–Crippen LogP) is 4.66. The first-order valence-electron chi connectivity index (χ1n) is 9.64. The Morgan fingerprint density at radius 3 is 2.62 bits per heavy atom. The average molecular weight is 385 g/mol. The van der Waals surface area contributed by atoms with Crippen LogP contribution in [0.2, 0.25) is 0 Å². The molecule has 0 atom stereocenters. The van der Waals surface area contributed by atoms with E-state index in [-0.39, 0.29) is 5.91 Å². The van der Waals surface area contributed by atoms with Crippen LogP contribution in [0.4, 0.5) is 5.82 Å². The van der Waals surface area contributed by atoms with Gasteiger partial charge in [-0.15, -0.1) is 0 Å². The molecular weight excluding hydrogens is 362 g/mol. The summed E-state index contributed by atoms with van der Waals surface area (Å²) < 4.78 is 7.00. The largest absolute Gasteiger partial charge is 0.497 e. The molecule has 3 aromatic carbocycles. The van der Waals surface area contributed by atoms with Crippen LogP contribution < -0.4 is 10.1 Å². The van der Waals surface area contributed by atoms with Gasteiger partial charge in [0.15, 0.2) is 5.82 Å². The van der Waals surface area contributed by atoms with Gasteiger partial charge in [-0.1, -0.05) is 54.6 Å². The van der Waals surface area contributed by atoms with Gasteiger partial charge in [-0.3, -0.25) is 9.48 Å². The highest BCUT2D eigenvalue weighted by Crippen LogP contribution is 2.19. The van der Waals surface area contributed by atoms with Gasteiger partial charge < -0.3 is 10.1 Å². The summed E-state index contributed by atoms with van der Waals surface area (Å²) in [5.74, 6) is 1.34. The fourth-order valence-corrected chi connectivity index (χ4v) is 3.38. The maximum atomic E-state index is 12.3. The van der Waals surface area contributed by atoms with Crippen LogP contribution in [0.1, 0.15) is 17.5 Å². The Morgan fingerprint density at radius 2 is 1.79 bits per heavy atom. The van der Waals surface area contributed by atoms with Crippen molar-refractivity contribution >= 4 is 22.5 Å². The smallest absolute Gasteiger partial charge is 0.225 e. The van der Waals surface area contributed by atoms with Crippen molar-refractivity contribution in [2.24, 2.45) is 0 Å². The van der Waals surface area contributed by atoms with Crippen molar-refractivity contribution in [2.75, 3.05) is 12.4 Å². The van der Waals surface area contributed by atoms with Crippen LogP contribution in [0.25, 0.3) is 10.8 Å². The number of aryl methyl sites for hydroxylation is 1. The molecule has 4 aromatic rings. The standard InChI is InChI=1S/C24H23N3O2/c1-29-21-12-9-18(10-13-21)11-14-24(28)25-23-15-16-27(26-23)17-20-7-4-6-19-5-2-3-8-22(19)20/h2-10,12-13,15-16H,11,14,17H2,1H3,(H,25,26,28). The highest BCUT2D eigenvalue weighted by Gasteiger charge is 2.07. The molecule has 29 heavy (non-hydrogen) atoms. The molecule has 4 rings (SSSR count). The van der Waals surface area contributed by atoms with Gasteiger partial charge in [0.05, 0.1) is 13.7 Å². The first kappa shape index (κ1) is 18.7. The van der Waals surface area contributed by atoms with Crippen molar-refractivity contribution in [3.05, 3.63) is 90.1 Å². The summed E-state index contributed by atoms with van der Waals surface area (Å²) >= 11 is 0. The topological polar surface area (TPSA) is 56.1 Å². The predicted molar refractivity (Wildman–Crippen MR) is 115 cm³/mol. The minimum Gasteiger partial charge on any atom is -0.497 e. The second-order valence-corrected chi connectivity index (χ2v) is 6.93. The minimum absolute atomic E-state index is 0.0452. The van der Waals surface area contributed by atoms with Crippen molar-refractivity contribution < 1.29 is 9.53 Å². The SMILES string of the molecule is COc1ccc(CCC(=O)Nc2ccn(Cc3cccc4ccccc34)n2)cc1. The molecule has 5 heteroatoms. The number of carbonyl (C=O) groups is 1. The number of carbonyl (C=O) groups excluding carboxylic acids is 1. The van der Waals surface area contributed by atoms with Gasteiger partial charge >= 0.3 is 0 Å². The molecule has 146 valence electrons. The lowest BCUT2D eigenvalue weighted by Crippen LogP contribution is -2.13. The number of nitrogens with zero attached hydrogens (tertiary/aromatic N) is 2. The summed E-state index contributed by atoms with van der Waals surface area (Å²) in [7, 11) is 1.64. The quantitative estimate of drug-likeness (QED) is 0.503. The zero-order chi connectivity index (χ0) is 20.1. The molecule has 0 aliphatic heterocycles. The number of hydrogen-bond donors (Lipinski definition) is 1. The van der Waals surface area contributed by atoms with E-state index in [0.717, 1.165) is 11.3 Å². The van der Waals surface area contributed by atoms with E-state index in [1.54, 1.807) is 7.11 Å². The van der Waals surface area contributed by atoms with Gasteiger partial charge in [-0.05, 0) is 40.5 Å². The number of rotatable bonds is 7. The molecule has 0 fully saturated rings. The van der Waals surface area contributed by atoms with Gasteiger partial charge in [-0.2, -0.15) is 5.10 Å². The van der Waals surface area contributed by atoms with E-state index in [9.17, 15) is 4.79 Å². The zero-order valence-corrected chi connectivity index (χ0v) is 16.3. The van der Waals surface area contributed by atoms with Gasteiger partial charge in [0.2, 0.25) is 5.91 Å². The number of ether oxygens (including phenoxy) is 1. The van der Waals surface area contributed by atoms with Gasteiger partial charge in [0, 0.05) is 18.7 Å². The van der Waals surface area contributed by atoms with Crippen molar-refractivity contribution in [2.45, 2.75) is 19.4 Å². The second-order valence-electron chi connectivity index (χ2n) is 6.93. The summed E-state index contributed by atoms with van der Waals surface area (Å²) in [5, 5.41) is 9.81. The average Bonchev–Trinajstić information content (AvgIpc) is 3.19. The Labute approximate surface area is 169 Å². The number of amides is 1. The Hall–Kier alpha value is -3.60. The lowest BCUT2D eigenvalue weighted by molar-refractivity contribution is -0.116. The Bertz CT molecular complexity index is 1110. The van der Waals surface area contributed by atoms with Crippen molar-refractivity contribution in [3.8, 4) is 5.75 Å².